The molecule has 1 N–H and O–H groups in total. The van der Waals surface area contributed by atoms with Gasteiger partial charge in [0.15, 0.2) is 5.60 Å². The van der Waals surface area contributed by atoms with E-state index in [9.17, 15) is 14.4 Å². The minimum atomic E-state index is -0.744. The molecule has 200 valence electrons. The van der Waals surface area contributed by atoms with Gasteiger partial charge in [0.25, 0.3) is 0 Å². The molecule has 1 aromatic heterocycles. The lowest BCUT2D eigenvalue weighted by Gasteiger charge is -2.26. The number of amides is 2. The molecule has 1 unspecified atom stereocenters. The molecule has 6 rings (SSSR count). The van der Waals surface area contributed by atoms with Crippen LogP contribution in [0.25, 0.3) is 11.3 Å². The lowest BCUT2D eigenvalue weighted by atomic mass is 9.91. The molecule has 1 atom stereocenters. The van der Waals surface area contributed by atoms with Gasteiger partial charge in [-0.1, -0.05) is 36.4 Å². The number of likely N-dealkylation sites (tertiary alicyclic amines) is 1. The van der Waals surface area contributed by atoms with Crippen LogP contribution in [0.15, 0.2) is 66.9 Å². The summed E-state index contributed by atoms with van der Waals surface area (Å²) in [6.45, 7) is 6.38. The van der Waals surface area contributed by atoms with E-state index in [2.05, 4.69) is 10.3 Å². The van der Waals surface area contributed by atoms with E-state index in [1.54, 1.807) is 24.4 Å². The maximum absolute atomic E-state index is 13.7. The molecule has 3 aliphatic rings. The molecule has 2 aromatic carbocycles. The fraction of sp³-hybridized carbons (Fsp3) is 0.355. The van der Waals surface area contributed by atoms with E-state index in [4.69, 9.17) is 9.47 Å². The van der Waals surface area contributed by atoms with E-state index in [0.29, 0.717) is 30.8 Å². The van der Waals surface area contributed by atoms with Gasteiger partial charge in [0.2, 0.25) is 5.91 Å². The SMILES string of the molecule is CC(C)(C)OC(=O)Nc1ccc(-c2ccc(C3(C(=O)N4CCC5(C4)OC(=O)c4ccccc45)CC3)cn2)cc1. The molecule has 2 amide bonds. The van der Waals surface area contributed by atoms with Crippen molar-refractivity contribution in [3.63, 3.8) is 0 Å². The second-order valence-electron chi connectivity index (χ2n) is 11.6. The molecular formula is C31H31N3O5. The standard InChI is InChI=1S/C31H31N3O5/c1-29(2,3)39-28(37)33-22-11-8-20(9-12-22)25-13-10-21(18-32-25)30(14-15-30)27(36)34-17-16-31(19-34)24-7-5-4-6-23(24)26(35)38-31/h4-13,18H,14-17,19H2,1-3H3,(H,33,37). The van der Waals surface area contributed by atoms with Crippen molar-refractivity contribution < 1.29 is 23.9 Å². The fourth-order valence-corrected chi connectivity index (χ4v) is 5.65. The van der Waals surface area contributed by atoms with E-state index in [0.717, 1.165) is 35.2 Å². The van der Waals surface area contributed by atoms with Crippen LogP contribution in [0.1, 0.15) is 61.5 Å². The second-order valence-corrected chi connectivity index (χ2v) is 11.6. The van der Waals surface area contributed by atoms with Crippen molar-refractivity contribution in [3.05, 3.63) is 83.6 Å². The molecule has 8 heteroatoms. The average molecular weight is 526 g/mol. The molecule has 3 heterocycles. The number of ether oxygens (including phenoxy) is 2. The number of hydrogen-bond acceptors (Lipinski definition) is 6. The van der Waals surface area contributed by atoms with Gasteiger partial charge in [0, 0.05) is 36.0 Å². The zero-order valence-electron chi connectivity index (χ0n) is 22.3. The minimum absolute atomic E-state index is 0.0759. The Balaban J connectivity index is 1.14. The average Bonchev–Trinajstić information content (AvgIpc) is 3.54. The van der Waals surface area contributed by atoms with Crippen molar-refractivity contribution in [1.29, 1.82) is 0 Å². The number of anilines is 1. The third-order valence-corrected chi connectivity index (χ3v) is 7.75. The number of benzene rings is 2. The Morgan fingerprint density at radius 3 is 2.41 bits per heavy atom. The Morgan fingerprint density at radius 1 is 1.00 bits per heavy atom. The summed E-state index contributed by atoms with van der Waals surface area (Å²) >= 11 is 0. The normalized spacial score (nSPS) is 20.9. The monoisotopic (exact) mass is 525 g/mol. The largest absolute Gasteiger partial charge is 0.449 e. The predicted molar refractivity (Wildman–Crippen MR) is 145 cm³/mol. The van der Waals surface area contributed by atoms with Crippen molar-refractivity contribution >= 4 is 23.7 Å². The Bertz CT molecular complexity index is 1450. The van der Waals surface area contributed by atoms with Gasteiger partial charge in [-0.05, 0) is 63.4 Å². The number of nitrogens with zero attached hydrogens (tertiary/aromatic N) is 2. The Morgan fingerprint density at radius 2 is 1.74 bits per heavy atom. The quantitative estimate of drug-likeness (QED) is 0.457. The maximum atomic E-state index is 13.7. The van der Waals surface area contributed by atoms with E-state index in [-0.39, 0.29) is 11.9 Å². The summed E-state index contributed by atoms with van der Waals surface area (Å²) in [5.74, 6) is -0.235. The van der Waals surface area contributed by atoms with E-state index >= 15 is 0 Å². The first kappa shape index (κ1) is 25.1. The Kier molecular flexibility index (Phi) is 5.75. The van der Waals surface area contributed by atoms with Crippen LogP contribution in [-0.2, 0) is 25.3 Å². The lowest BCUT2D eigenvalue weighted by Crippen LogP contribution is -2.40. The number of carbonyl (C=O) groups is 3. The summed E-state index contributed by atoms with van der Waals surface area (Å²) in [6.07, 6.45) is 3.45. The highest BCUT2D eigenvalue weighted by molar-refractivity contribution is 5.96. The van der Waals surface area contributed by atoms with Crippen molar-refractivity contribution in [3.8, 4) is 11.3 Å². The van der Waals surface area contributed by atoms with Crippen LogP contribution in [0, 0.1) is 0 Å². The highest BCUT2D eigenvalue weighted by Gasteiger charge is 2.57. The maximum Gasteiger partial charge on any atom is 0.412 e. The molecule has 0 radical (unpaired) electrons. The molecule has 2 fully saturated rings. The first-order chi connectivity index (χ1) is 18.6. The summed E-state index contributed by atoms with van der Waals surface area (Å²) in [6, 6.07) is 18.8. The number of esters is 1. The van der Waals surface area contributed by atoms with Crippen molar-refractivity contribution in [2.45, 2.75) is 56.7 Å². The van der Waals surface area contributed by atoms with Gasteiger partial charge in [-0.25, -0.2) is 9.59 Å². The van der Waals surface area contributed by atoms with Gasteiger partial charge >= 0.3 is 12.1 Å². The van der Waals surface area contributed by atoms with Gasteiger partial charge in [0.1, 0.15) is 5.60 Å². The molecule has 3 aromatic rings. The number of carbonyl (C=O) groups excluding carboxylic acids is 3. The molecule has 1 saturated carbocycles. The first-order valence-electron chi connectivity index (χ1n) is 13.3. The summed E-state index contributed by atoms with van der Waals surface area (Å²) in [4.78, 5) is 44.7. The number of hydrogen-bond donors (Lipinski definition) is 1. The van der Waals surface area contributed by atoms with Gasteiger partial charge in [-0.3, -0.25) is 15.1 Å². The van der Waals surface area contributed by atoms with Crippen LogP contribution in [0.3, 0.4) is 0 Å². The van der Waals surface area contributed by atoms with Gasteiger partial charge < -0.3 is 14.4 Å². The topological polar surface area (TPSA) is 97.8 Å². The number of rotatable bonds is 4. The zero-order valence-corrected chi connectivity index (χ0v) is 22.3. The summed E-state index contributed by atoms with van der Waals surface area (Å²) in [5, 5.41) is 2.73. The Hall–Kier alpha value is -4.20. The minimum Gasteiger partial charge on any atom is -0.449 e. The highest BCUT2D eigenvalue weighted by Crippen LogP contribution is 2.52. The molecular weight excluding hydrogens is 494 g/mol. The van der Waals surface area contributed by atoms with E-state index in [1.807, 2.05) is 68.1 Å². The van der Waals surface area contributed by atoms with Crippen molar-refractivity contribution in [1.82, 2.24) is 9.88 Å². The first-order valence-corrected chi connectivity index (χ1v) is 13.3. The second kappa shape index (κ2) is 8.93. The molecule has 1 saturated heterocycles. The van der Waals surface area contributed by atoms with Crippen LogP contribution in [0.5, 0.6) is 0 Å². The van der Waals surface area contributed by atoms with Crippen LogP contribution < -0.4 is 5.32 Å². The predicted octanol–water partition coefficient (Wildman–Crippen LogP) is 5.43. The lowest BCUT2D eigenvalue weighted by molar-refractivity contribution is -0.134. The van der Waals surface area contributed by atoms with E-state index < -0.39 is 22.7 Å². The molecule has 8 nitrogen and oxygen atoms in total. The fourth-order valence-electron chi connectivity index (χ4n) is 5.65. The molecule has 0 bridgehead atoms. The van der Waals surface area contributed by atoms with Crippen LogP contribution in [0.2, 0.25) is 0 Å². The highest BCUT2D eigenvalue weighted by atomic mass is 16.6. The smallest absolute Gasteiger partial charge is 0.412 e. The third kappa shape index (κ3) is 4.54. The van der Waals surface area contributed by atoms with E-state index in [1.165, 1.54) is 0 Å². The number of pyridine rings is 1. The van der Waals surface area contributed by atoms with Gasteiger partial charge in [-0.15, -0.1) is 0 Å². The third-order valence-electron chi connectivity index (χ3n) is 7.75. The summed E-state index contributed by atoms with van der Waals surface area (Å²) in [5.41, 5.74) is 2.81. The molecule has 1 aliphatic carbocycles. The number of aromatic nitrogens is 1. The zero-order chi connectivity index (χ0) is 27.4. The van der Waals surface area contributed by atoms with Gasteiger partial charge in [-0.2, -0.15) is 0 Å². The van der Waals surface area contributed by atoms with Crippen LogP contribution >= 0.6 is 0 Å². The van der Waals surface area contributed by atoms with Crippen molar-refractivity contribution in [2.75, 3.05) is 18.4 Å². The summed E-state index contributed by atoms with van der Waals surface area (Å²) < 4.78 is 11.1. The van der Waals surface area contributed by atoms with Crippen LogP contribution in [-0.4, -0.2) is 46.5 Å². The van der Waals surface area contributed by atoms with Gasteiger partial charge in [0.05, 0.1) is 23.2 Å². The molecule has 39 heavy (non-hydrogen) atoms. The summed E-state index contributed by atoms with van der Waals surface area (Å²) in [7, 11) is 0. The van der Waals surface area contributed by atoms with Crippen LogP contribution in [0.4, 0.5) is 10.5 Å². The number of nitrogens with one attached hydrogen (secondary N) is 1. The Labute approximate surface area is 227 Å². The van der Waals surface area contributed by atoms with Crippen molar-refractivity contribution in [2.24, 2.45) is 0 Å². The molecule has 1 spiro atoms. The molecule has 2 aliphatic heterocycles. The number of fused-ring (bicyclic) bond motifs is 2.